The summed E-state index contributed by atoms with van der Waals surface area (Å²) in [6.07, 6.45) is 1.61. The lowest BCUT2D eigenvalue weighted by atomic mass is 10.3. The Morgan fingerprint density at radius 3 is 2.56 bits per heavy atom. The molecule has 27 heavy (non-hydrogen) atoms. The highest BCUT2D eigenvalue weighted by Gasteiger charge is 2.28. The summed E-state index contributed by atoms with van der Waals surface area (Å²) in [5.74, 6) is -0.352. The number of amides is 2. The van der Waals surface area contributed by atoms with Crippen molar-refractivity contribution in [1.82, 2.24) is 19.4 Å². The normalized spacial score (nSPS) is 15.7. The fourth-order valence-electron chi connectivity index (χ4n) is 2.57. The van der Waals surface area contributed by atoms with E-state index in [0.29, 0.717) is 37.1 Å². The first-order chi connectivity index (χ1) is 12.7. The fraction of sp³-hybridized carbons (Fsp3) is 0.500. The molecule has 0 saturated carbocycles. The summed E-state index contributed by atoms with van der Waals surface area (Å²) in [4.78, 5) is 27.7. The highest BCUT2D eigenvalue weighted by Crippen LogP contribution is 2.27. The Kier molecular flexibility index (Phi) is 7.80. The number of nitrogens with zero attached hydrogens (tertiary/aromatic N) is 3. The van der Waals surface area contributed by atoms with Crippen molar-refractivity contribution >= 4 is 44.8 Å². The van der Waals surface area contributed by atoms with Crippen molar-refractivity contribution < 1.29 is 18.0 Å². The summed E-state index contributed by atoms with van der Waals surface area (Å²) >= 11 is 6.76. The highest BCUT2D eigenvalue weighted by atomic mass is 35.5. The van der Waals surface area contributed by atoms with E-state index in [1.54, 1.807) is 11.0 Å². The molecule has 8 nitrogen and oxygen atoms in total. The van der Waals surface area contributed by atoms with Crippen LogP contribution in [0.25, 0.3) is 0 Å². The van der Waals surface area contributed by atoms with Gasteiger partial charge in [0.1, 0.15) is 4.21 Å². The smallest absolute Gasteiger partial charge is 0.252 e. The van der Waals surface area contributed by atoms with E-state index >= 15 is 0 Å². The lowest BCUT2D eigenvalue weighted by Gasteiger charge is -2.34. The second-order valence-electron chi connectivity index (χ2n) is 6.07. The molecule has 0 radical (unpaired) electrons. The van der Waals surface area contributed by atoms with Crippen molar-refractivity contribution in [3.63, 3.8) is 0 Å². The van der Waals surface area contributed by atoms with Crippen LogP contribution in [0.5, 0.6) is 0 Å². The van der Waals surface area contributed by atoms with E-state index in [2.05, 4.69) is 11.9 Å². The summed E-state index contributed by atoms with van der Waals surface area (Å²) in [6.45, 7) is 6.02. The predicted octanol–water partition coefficient (Wildman–Crippen LogP) is 0.468. The Balaban J connectivity index is 1.83. The van der Waals surface area contributed by atoms with Gasteiger partial charge < -0.3 is 10.2 Å². The minimum Gasteiger partial charge on any atom is -0.352 e. The zero-order chi connectivity index (χ0) is 20.0. The molecule has 2 heterocycles. The third kappa shape index (κ3) is 6.01. The van der Waals surface area contributed by atoms with Gasteiger partial charge in [-0.2, -0.15) is 4.31 Å². The zero-order valence-corrected chi connectivity index (χ0v) is 17.4. The van der Waals surface area contributed by atoms with E-state index in [0.717, 1.165) is 15.6 Å². The van der Waals surface area contributed by atoms with Gasteiger partial charge in [-0.05, 0) is 12.1 Å². The topological polar surface area (TPSA) is 90.0 Å². The Morgan fingerprint density at radius 1 is 1.33 bits per heavy atom. The highest BCUT2D eigenvalue weighted by molar-refractivity contribution is 7.91. The van der Waals surface area contributed by atoms with Crippen molar-refractivity contribution in [3.05, 3.63) is 29.1 Å². The number of likely N-dealkylation sites (N-methyl/N-ethyl adjacent to an activating group) is 1. The van der Waals surface area contributed by atoms with Gasteiger partial charge in [0, 0.05) is 39.8 Å². The van der Waals surface area contributed by atoms with Crippen LogP contribution in [0.3, 0.4) is 0 Å². The first kappa shape index (κ1) is 21.8. The van der Waals surface area contributed by atoms with Crippen molar-refractivity contribution in [3.8, 4) is 0 Å². The number of halogens is 1. The van der Waals surface area contributed by atoms with Gasteiger partial charge in [0.2, 0.25) is 11.8 Å². The van der Waals surface area contributed by atoms with E-state index in [-0.39, 0.29) is 29.1 Å². The molecule has 0 spiro atoms. The van der Waals surface area contributed by atoms with Crippen LogP contribution in [0, 0.1) is 0 Å². The largest absolute Gasteiger partial charge is 0.352 e. The molecule has 11 heteroatoms. The Bertz CT molecular complexity index is 788. The molecule has 150 valence electrons. The van der Waals surface area contributed by atoms with E-state index in [1.165, 1.54) is 19.2 Å². The molecule has 0 aliphatic carbocycles. The minimum absolute atomic E-state index is 0.0879. The Morgan fingerprint density at radius 2 is 2.00 bits per heavy atom. The third-order valence-electron chi connectivity index (χ3n) is 4.11. The SMILES string of the molecule is C=CCNC(=O)CN1CCN(C(=O)CN(C)S(=O)(=O)c2ccc(Cl)s2)CC1. The molecule has 2 amide bonds. The Labute approximate surface area is 168 Å². The lowest BCUT2D eigenvalue weighted by Crippen LogP contribution is -2.53. The van der Waals surface area contributed by atoms with Crippen molar-refractivity contribution in [2.45, 2.75) is 4.21 Å². The van der Waals surface area contributed by atoms with Crippen LogP contribution in [0.4, 0.5) is 0 Å². The number of nitrogens with one attached hydrogen (secondary N) is 1. The molecule has 1 aliphatic heterocycles. The fourth-order valence-corrected chi connectivity index (χ4v) is 5.38. The molecule has 1 aliphatic rings. The molecular weight excluding hydrogens is 412 g/mol. The van der Waals surface area contributed by atoms with Crippen molar-refractivity contribution in [2.75, 3.05) is 52.9 Å². The number of hydrogen-bond acceptors (Lipinski definition) is 6. The number of carbonyl (C=O) groups is 2. The first-order valence-corrected chi connectivity index (χ1v) is 11.0. The van der Waals surface area contributed by atoms with Gasteiger partial charge in [0.25, 0.3) is 10.0 Å². The van der Waals surface area contributed by atoms with E-state index in [4.69, 9.17) is 11.6 Å². The van der Waals surface area contributed by atoms with Crippen LogP contribution in [0.15, 0.2) is 29.0 Å². The van der Waals surface area contributed by atoms with Gasteiger partial charge in [0.15, 0.2) is 0 Å². The molecule has 0 unspecified atom stereocenters. The van der Waals surface area contributed by atoms with Crippen LogP contribution in [-0.2, 0) is 19.6 Å². The quantitative estimate of drug-likeness (QED) is 0.600. The Hall–Kier alpha value is -1.46. The maximum Gasteiger partial charge on any atom is 0.252 e. The van der Waals surface area contributed by atoms with Crippen LogP contribution < -0.4 is 5.32 Å². The van der Waals surface area contributed by atoms with Gasteiger partial charge in [-0.25, -0.2) is 8.42 Å². The van der Waals surface area contributed by atoms with Crippen molar-refractivity contribution in [2.24, 2.45) is 0 Å². The molecule has 0 aromatic carbocycles. The van der Waals surface area contributed by atoms with Crippen molar-refractivity contribution in [1.29, 1.82) is 0 Å². The number of hydrogen-bond donors (Lipinski definition) is 1. The summed E-state index contributed by atoms with van der Waals surface area (Å²) in [5, 5.41) is 2.71. The molecule has 2 rings (SSSR count). The lowest BCUT2D eigenvalue weighted by molar-refractivity contribution is -0.133. The zero-order valence-electron chi connectivity index (χ0n) is 15.1. The summed E-state index contributed by atoms with van der Waals surface area (Å²) in [7, 11) is -2.36. The number of rotatable bonds is 8. The monoisotopic (exact) mass is 434 g/mol. The van der Waals surface area contributed by atoms with Gasteiger partial charge in [-0.15, -0.1) is 17.9 Å². The molecule has 1 aromatic rings. The summed E-state index contributed by atoms with van der Waals surface area (Å²) in [5.41, 5.74) is 0. The van der Waals surface area contributed by atoms with E-state index in [9.17, 15) is 18.0 Å². The van der Waals surface area contributed by atoms with E-state index < -0.39 is 10.0 Å². The minimum atomic E-state index is -3.74. The molecule has 1 N–H and O–H groups in total. The summed E-state index contributed by atoms with van der Waals surface area (Å²) < 4.78 is 26.5. The number of piperazine rings is 1. The number of carbonyl (C=O) groups excluding carboxylic acids is 2. The third-order valence-corrected chi connectivity index (χ3v) is 7.61. The maximum absolute atomic E-state index is 12.5. The molecule has 0 bridgehead atoms. The predicted molar refractivity (Wildman–Crippen MR) is 105 cm³/mol. The van der Waals surface area contributed by atoms with Gasteiger partial charge in [0.05, 0.1) is 17.4 Å². The maximum atomic E-state index is 12.5. The summed E-state index contributed by atoms with van der Waals surface area (Å²) in [6, 6.07) is 2.94. The van der Waals surface area contributed by atoms with Crippen LogP contribution >= 0.6 is 22.9 Å². The average Bonchev–Trinajstić information content (AvgIpc) is 3.07. The van der Waals surface area contributed by atoms with Crippen LogP contribution in [0.2, 0.25) is 4.34 Å². The van der Waals surface area contributed by atoms with Crippen LogP contribution in [-0.4, -0.2) is 87.2 Å². The first-order valence-electron chi connectivity index (χ1n) is 8.33. The number of thiophene rings is 1. The second-order valence-corrected chi connectivity index (χ2v) is 10.1. The van der Waals surface area contributed by atoms with Crippen LogP contribution in [0.1, 0.15) is 0 Å². The second kappa shape index (κ2) is 9.65. The van der Waals surface area contributed by atoms with Gasteiger partial charge >= 0.3 is 0 Å². The average molecular weight is 435 g/mol. The molecular formula is C16H23ClN4O4S2. The molecule has 1 fully saturated rings. The standard InChI is InChI=1S/C16H23ClN4O4S2/c1-3-6-18-14(22)11-20-7-9-21(10-8-20)15(23)12-19(2)27(24,25)16-5-4-13(17)26-16/h3-5H,1,6-12H2,2H3,(H,18,22). The van der Waals surface area contributed by atoms with Gasteiger partial charge in [-0.1, -0.05) is 17.7 Å². The molecule has 1 aromatic heterocycles. The molecule has 0 atom stereocenters. The molecule has 1 saturated heterocycles. The van der Waals surface area contributed by atoms with E-state index in [1.807, 2.05) is 4.90 Å². The van der Waals surface area contributed by atoms with Gasteiger partial charge in [-0.3, -0.25) is 14.5 Å². The number of sulfonamides is 1.